The third kappa shape index (κ3) is 4.12. The average Bonchev–Trinajstić information content (AvgIpc) is 3.36. The molecule has 0 aliphatic carbocycles. The van der Waals surface area contributed by atoms with Gasteiger partial charge in [0.2, 0.25) is 0 Å². The van der Waals surface area contributed by atoms with Crippen LogP contribution in [0.1, 0.15) is 40.3 Å². The van der Waals surface area contributed by atoms with Crippen LogP contribution in [0, 0.1) is 26.6 Å². The molecule has 5 rings (SSSR count). The van der Waals surface area contributed by atoms with Gasteiger partial charge in [0.15, 0.2) is 5.11 Å². The molecular formula is C28H26ClFN4OS. The lowest BCUT2D eigenvalue weighted by molar-refractivity contribution is 0.412. The molecule has 0 radical (unpaired) electrons. The van der Waals surface area contributed by atoms with E-state index >= 15 is 0 Å². The Morgan fingerprint density at radius 3 is 2.56 bits per heavy atom. The Hall–Kier alpha value is -3.42. The minimum absolute atomic E-state index is 0.209. The van der Waals surface area contributed by atoms with Gasteiger partial charge in [-0.1, -0.05) is 17.7 Å². The van der Waals surface area contributed by atoms with Gasteiger partial charge in [-0.25, -0.2) is 4.39 Å². The van der Waals surface area contributed by atoms with E-state index in [1.165, 1.54) is 6.07 Å². The zero-order valence-electron chi connectivity index (χ0n) is 20.4. The van der Waals surface area contributed by atoms with Gasteiger partial charge in [0.05, 0.1) is 30.6 Å². The highest BCUT2D eigenvalue weighted by atomic mass is 35.5. The number of hydrogen-bond acceptors (Lipinski definition) is 3. The molecule has 2 aromatic carbocycles. The van der Waals surface area contributed by atoms with E-state index in [-0.39, 0.29) is 17.9 Å². The molecule has 2 atom stereocenters. The van der Waals surface area contributed by atoms with Crippen molar-refractivity contribution in [3.63, 3.8) is 0 Å². The second-order valence-electron chi connectivity index (χ2n) is 8.91. The molecule has 0 spiro atoms. The summed E-state index contributed by atoms with van der Waals surface area (Å²) >= 11 is 12.2. The Morgan fingerprint density at radius 2 is 1.86 bits per heavy atom. The number of thiocarbonyl (C=S) groups is 1. The van der Waals surface area contributed by atoms with Crippen LogP contribution < -0.4 is 15.0 Å². The SMILES string of the molecule is COc1ccc(Cl)cc1-n1c(C)cc([C@H]2[C@@H](c3ccccn3)NC(=S)N2c2ccc(F)c(C)c2)c1C. The highest BCUT2D eigenvalue weighted by Gasteiger charge is 2.42. The highest BCUT2D eigenvalue weighted by molar-refractivity contribution is 7.80. The maximum atomic E-state index is 14.2. The summed E-state index contributed by atoms with van der Waals surface area (Å²) in [6, 6.07) is 18.2. The third-order valence-electron chi connectivity index (χ3n) is 6.69. The molecule has 0 bridgehead atoms. The van der Waals surface area contributed by atoms with Gasteiger partial charge in [-0.2, -0.15) is 0 Å². The number of hydrogen-bond donors (Lipinski definition) is 1. The fourth-order valence-electron chi connectivity index (χ4n) is 5.02. The van der Waals surface area contributed by atoms with Gasteiger partial charge in [-0.3, -0.25) is 4.98 Å². The molecule has 184 valence electrons. The number of benzene rings is 2. The minimum atomic E-state index is -0.249. The molecule has 3 heterocycles. The molecule has 36 heavy (non-hydrogen) atoms. The third-order valence-corrected chi connectivity index (χ3v) is 7.24. The standard InChI is InChI=1S/C28H26ClFN4OS/c1-16-13-20(9-10-22(16)30)34-27(26(32-28(34)36)23-7-5-6-12-31-23)21-14-17(2)33(18(21)3)24-15-19(29)8-11-25(24)35-4/h5-15,26-27H,1-4H3,(H,32,36)/t26-,27+/m1/s1. The largest absolute Gasteiger partial charge is 0.495 e. The fraction of sp³-hybridized carbons (Fsp3) is 0.214. The lowest BCUT2D eigenvalue weighted by Crippen LogP contribution is -2.29. The van der Waals surface area contributed by atoms with Crippen LogP contribution in [0.2, 0.25) is 5.02 Å². The molecule has 8 heteroatoms. The molecule has 2 aromatic heterocycles. The van der Waals surface area contributed by atoms with Crippen molar-refractivity contribution in [2.24, 2.45) is 0 Å². The maximum Gasteiger partial charge on any atom is 0.174 e. The monoisotopic (exact) mass is 520 g/mol. The van der Waals surface area contributed by atoms with E-state index in [9.17, 15) is 4.39 Å². The van der Waals surface area contributed by atoms with Gasteiger partial charge in [-0.05, 0) is 98.7 Å². The van der Waals surface area contributed by atoms with Gasteiger partial charge in [0, 0.05) is 28.3 Å². The Kier molecular flexibility index (Phi) is 6.45. The molecule has 0 saturated carbocycles. The van der Waals surface area contributed by atoms with Crippen LogP contribution in [0.5, 0.6) is 5.75 Å². The van der Waals surface area contributed by atoms with Crippen LogP contribution in [0.15, 0.2) is 66.9 Å². The van der Waals surface area contributed by atoms with E-state index in [1.807, 2.05) is 42.5 Å². The van der Waals surface area contributed by atoms with Crippen molar-refractivity contribution in [3.05, 3.63) is 106 Å². The molecule has 1 fully saturated rings. The average molecular weight is 521 g/mol. The van der Waals surface area contributed by atoms with Crippen molar-refractivity contribution in [2.75, 3.05) is 12.0 Å². The number of nitrogens with one attached hydrogen (secondary N) is 1. The molecule has 1 N–H and O–H groups in total. The number of methoxy groups -OCH3 is 1. The molecule has 0 amide bonds. The van der Waals surface area contributed by atoms with Crippen molar-refractivity contribution in [3.8, 4) is 11.4 Å². The highest BCUT2D eigenvalue weighted by Crippen LogP contribution is 2.44. The zero-order valence-corrected chi connectivity index (χ0v) is 22.0. The summed E-state index contributed by atoms with van der Waals surface area (Å²) in [5, 5.41) is 4.66. The normalized spacial score (nSPS) is 17.4. The van der Waals surface area contributed by atoms with Crippen molar-refractivity contribution < 1.29 is 9.13 Å². The summed E-state index contributed by atoms with van der Waals surface area (Å²) in [4.78, 5) is 6.69. The molecule has 4 aromatic rings. The van der Waals surface area contributed by atoms with E-state index in [4.69, 9.17) is 28.6 Å². The number of pyridine rings is 1. The Bertz CT molecular complexity index is 1460. The van der Waals surface area contributed by atoms with Crippen molar-refractivity contribution >= 4 is 34.6 Å². The van der Waals surface area contributed by atoms with Crippen molar-refractivity contribution in [1.29, 1.82) is 0 Å². The molecule has 1 saturated heterocycles. The summed E-state index contributed by atoms with van der Waals surface area (Å²) < 4.78 is 22.0. The Morgan fingerprint density at radius 1 is 1.06 bits per heavy atom. The predicted molar refractivity (Wildman–Crippen MR) is 146 cm³/mol. The van der Waals surface area contributed by atoms with Crippen molar-refractivity contribution in [2.45, 2.75) is 32.9 Å². The first-order valence-electron chi connectivity index (χ1n) is 11.6. The summed E-state index contributed by atoms with van der Waals surface area (Å²) in [6.07, 6.45) is 1.78. The number of anilines is 1. The van der Waals surface area contributed by atoms with E-state index in [1.54, 1.807) is 26.3 Å². The zero-order chi connectivity index (χ0) is 25.6. The smallest absolute Gasteiger partial charge is 0.174 e. The van der Waals surface area contributed by atoms with Gasteiger partial charge in [0.25, 0.3) is 0 Å². The lowest BCUT2D eigenvalue weighted by Gasteiger charge is -2.28. The van der Waals surface area contributed by atoms with Crippen LogP contribution in [-0.2, 0) is 0 Å². The molecular weight excluding hydrogens is 495 g/mol. The van der Waals surface area contributed by atoms with Crippen LogP contribution >= 0.6 is 23.8 Å². The number of nitrogens with zero attached hydrogens (tertiary/aromatic N) is 3. The Labute approximate surface area is 220 Å². The second-order valence-corrected chi connectivity index (χ2v) is 9.73. The topological polar surface area (TPSA) is 42.3 Å². The maximum absolute atomic E-state index is 14.2. The van der Waals surface area contributed by atoms with Crippen LogP contribution in [0.4, 0.5) is 10.1 Å². The minimum Gasteiger partial charge on any atom is -0.495 e. The number of aromatic nitrogens is 2. The van der Waals surface area contributed by atoms with Crippen LogP contribution in [0.25, 0.3) is 5.69 Å². The fourth-order valence-corrected chi connectivity index (χ4v) is 5.54. The molecule has 1 aliphatic heterocycles. The van der Waals surface area contributed by atoms with Crippen molar-refractivity contribution in [1.82, 2.24) is 14.9 Å². The van der Waals surface area contributed by atoms with E-state index in [2.05, 4.69) is 39.7 Å². The number of ether oxygens (including phenoxy) is 1. The second kappa shape index (κ2) is 9.56. The van der Waals surface area contributed by atoms with E-state index in [0.717, 1.165) is 39.8 Å². The Balaban J connectivity index is 1.71. The first-order valence-corrected chi connectivity index (χ1v) is 12.4. The van der Waals surface area contributed by atoms with Crippen LogP contribution in [-0.4, -0.2) is 21.8 Å². The van der Waals surface area contributed by atoms with Gasteiger partial charge >= 0.3 is 0 Å². The summed E-state index contributed by atoms with van der Waals surface area (Å²) in [5.74, 6) is 0.473. The van der Waals surface area contributed by atoms with Crippen LogP contribution in [0.3, 0.4) is 0 Å². The number of rotatable bonds is 5. The molecule has 5 nitrogen and oxygen atoms in total. The van der Waals surface area contributed by atoms with Gasteiger partial charge < -0.3 is 19.5 Å². The summed E-state index contributed by atoms with van der Waals surface area (Å²) in [5.41, 5.74) is 6.23. The molecule has 0 unspecified atom stereocenters. The van der Waals surface area contributed by atoms with Gasteiger partial charge in [0.1, 0.15) is 11.6 Å². The predicted octanol–water partition coefficient (Wildman–Crippen LogP) is 6.78. The van der Waals surface area contributed by atoms with Gasteiger partial charge in [-0.15, -0.1) is 0 Å². The first kappa shape index (κ1) is 24.3. The lowest BCUT2D eigenvalue weighted by atomic mass is 9.96. The number of aryl methyl sites for hydroxylation is 2. The first-order chi connectivity index (χ1) is 17.3. The number of halogens is 2. The molecule has 1 aliphatic rings. The van der Waals surface area contributed by atoms with E-state index in [0.29, 0.717) is 15.7 Å². The van der Waals surface area contributed by atoms with E-state index < -0.39 is 0 Å². The summed E-state index contributed by atoms with van der Waals surface area (Å²) in [7, 11) is 1.65. The summed E-state index contributed by atoms with van der Waals surface area (Å²) in [6.45, 7) is 5.89. The quantitative estimate of drug-likeness (QED) is 0.294.